The van der Waals surface area contributed by atoms with Crippen molar-refractivity contribution < 1.29 is 14.6 Å². The maximum atomic E-state index is 9.67. The molecule has 4 atom stereocenters. The van der Waals surface area contributed by atoms with Crippen LogP contribution in [0.25, 0.3) is 0 Å². The van der Waals surface area contributed by atoms with Crippen LogP contribution in [0.1, 0.15) is 6.42 Å². The van der Waals surface area contributed by atoms with E-state index < -0.39 is 0 Å². The average molecular weight is 172 g/mol. The van der Waals surface area contributed by atoms with Crippen LogP contribution in [-0.2, 0) is 9.47 Å². The quantitative estimate of drug-likeness (QED) is 0.580. The SMILES string of the molecule is B[C@@H]1C[C@H](COC)C(OC)[C@@H]1O. The van der Waals surface area contributed by atoms with Gasteiger partial charge in [-0.1, -0.05) is 0 Å². The Balaban J connectivity index is 2.52. The molecule has 1 aliphatic rings. The Kier molecular flexibility index (Phi) is 3.56. The first-order valence-electron chi connectivity index (χ1n) is 4.40. The molecule has 1 rings (SSSR count). The molecule has 1 fully saturated rings. The van der Waals surface area contributed by atoms with E-state index in [0.29, 0.717) is 18.3 Å². The number of hydrogen-bond acceptors (Lipinski definition) is 3. The second kappa shape index (κ2) is 4.26. The number of aliphatic hydroxyl groups is 1. The molecule has 4 heteroatoms. The second-order valence-electron chi connectivity index (χ2n) is 3.62. The van der Waals surface area contributed by atoms with E-state index in [4.69, 9.17) is 9.47 Å². The third-order valence-electron chi connectivity index (χ3n) is 2.71. The predicted molar refractivity (Wildman–Crippen MR) is 49.1 cm³/mol. The summed E-state index contributed by atoms with van der Waals surface area (Å²) in [6.07, 6.45) is 0.628. The molecule has 0 spiro atoms. The summed E-state index contributed by atoms with van der Waals surface area (Å²) < 4.78 is 10.3. The standard InChI is InChI=1S/C8H17BO3/c1-11-4-5-3-6(9)7(10)8(5)12-2/h5-8,10H,3-4,9H2,1-2H3/t5-,6-,7-,8?/m1/s1. The molecule has 0 bridgehead atoms. The monoisotopic (exact) mass is 172 g/mol. The fraction of sp³-hybridized carbons (Fsp3) is 1.00. The third kappa shape index (κ3) is 1.81. The molecule has 3 nitrogen and oxygen atoms in total. The van der Waals surface area contributed by atoms with Crippen molar-refractivity contribution in [2.24, 2.45) is 5.92 Å². The molecule has 0 saturated heterocycles. The van der Waals surface area contributed by atoms with Crippen LogP contribution in [0, 0.1) is 5.92 Å². The fourth-order valence-electron chi connectivity index (χ4n) is 2.06. The molecule has 0 aromatic heterocycles. The largest absolute Gasteiger partial charge is 0.391 e. The summed E-state index contributed by atoms with van der Waals surface area (Å²) in [7, 11) is 5.38. The van der Waals surface area contributed by atoms with Crippen molar-refractivity contribution in [1.29, 1.82) is 0 Å². The van der Waals surface area contributed by atoms with Crippen molar-refractivity contribution in [2.45, 2.75) is 24.4 Å². The van der Waals surface area contributed by atoms with Crippen LogP contribution < -0.4 is 0 Å². The molecule has 0 aliphatic heterocycles. The van der Waals surface area contributed by atoms with Crippen molar-refractivity contribution in [1.82, 2.24) is 0 Å². The van der Waals surface area contributed by atoms with Crippen LogP contribution in [0.15, 0.2) is 0 Å². The van der Waals surface area contributed by atoms with Gasteiger partial charge in [-0.25, -0.2) is 0 Å². The zero-order chi connectivity index (χ0) is 9.14. The predicted octanol–water partition coefficient (Wildman–Crippen LogP) is -0.550. The maximum absolute atomic E-state index is 9.67. The normalized spacial score (nSPS) is 41.9. The summed E-state index contributed by atoms with van der Waals surface area (Å²) in [5, 5.41) is 9.67. The minimum atomic E-state index is -0.324. The summed E-state index contributed by atoms with van der Waals surface area (Å²) in [5.41, 5.74) is 0. The van der Waals surface area contributed by atoms with Gasteiger partial charge in [-0.15, -0.1) is 0 Å². The zero-order valence-corrected chi connectivity index (χ0v) is 7.99. The summed E-state index contributed by atoms with van der Waals surface area (Å²) in [4.78, 5) is 0. The van der Waals surface area contributed by atoms with Gasteiger partial charge in [0.1, 0.15) is 7.85 Å². The Hall–Kier alpha value is -0.0551. The van der Waals surface area contributed by atoms with E-state index in [1.165, 1.54) is 0 Å². The molecule has 1 N–H and O–H groups in total. The maximum Gasteiger partial charge on any atom is 0.108 e. The van der Waals surface area contributed by atoms with E-state index in [-0.39, 0.29) is 12.2 Å². The molecule has 0 aromatic rings. The Morgan fingerprint density at radius 3 is 2.67 bits per heavy atom. The highest BCUT2D eigenvalue weighted by Gasteiger charge is 2.39. The van der Waals surface area contributed by atoms with E-state index in [0.717, 1.165) is 6.42 Å². The Morgan fingerprint density at radius 2 is 2.17 bits per heavy atom. The summed E-state index contributed by atoms with van der Waals surface area (Å²) >= 11 is 0. The lowest BCUT2D eigenvalue weighted by Gasteiger charge is -2.20. The van der Waals surface area contributed by atoms with Crippen LogP contribution in [0.5, 0.6) is 0 Å². The molecule has 70 valence electrons. The van der Waals surface area contributed by atoms with Gasteiger partial charge in [-0.3, -0.25) is 0 Å². The zero-order valence-electron chi connectivity index (χ0n) is 7.99. The molecule has 12 heavy (non-hydrogen) atoms. The minimum Gasteiger partial charge on any atom is -0.391 e. The van der Waals surface area contributed by atoms with Gasteiger partial charge in [0.25, 0.3) is 0 Å². The van der Waals surface area contributed by atoms with Crippen molar-refractivity contribution >= 4 is 7.85 Å². The van der Waals surface area contributed by atoms with E-state index in [1.807, 2.05) is 7.85 Å². The number of hydrogen-bond donors (Lipinski definition) is 1. The first-order valence-corrected chi connectivity index (χ1v) is 4.40. The van der Waals surface area contributed by atoms with Gasteiger partial charge in [0.2, 0.25) is 0 Å². The van der Waals surface area contributed by atoms with Crippen LogP contribution in [-0.4, -0.2) is 46.0 Å². The van der Waals surface area contributed by atoms with Gasteiger partial charge in [0, 0.05) is 20.1 Å². The number of rotatable bonds is 3. The van der Waals surface area contributed by atoms with E-state index in [9.17, 15) is 5.11 Å². The van der Waals surface area contributed by atoms with Crippen LogP contribution >= 0.6 is 0 Å². The van der Waals surface area contributed by atoms with Gasteiger partial charge in [-0.05, 0) is 12.2 Å². The lowest BCUT2D eigenvalue weighted by molar-refractivity contribution is -0.0288. The Labute approximate surface area is 74.5 Å². The molecule has 1 aliphatic carbocycles. The van der Waals surface area contributed by atoms with Gasteiger partial charge >= 0.3 is 0 Å². The van der Waals surface area contributed by atoms with Gasteiger partial charge in [0.15, 0.2) is 0 Å². The summed E-state index contributed by atoms with van der Waals surface area (Å²) in [6, 6.07) is 0. The molecule has 1 unspecified atom stereocenters. The highest BCUT2D eigenvalue weighted by molar-refractivity contribution is 6.12. The summed E-state index contributed by atoms with van der Waals surface area (Å²) in [5.74, 6) is 0.681. The van der Waals surface area contributed by atoms with Crippen molar-refractivity contribution in [2.75, 3.05) is 20.8 Å². The van der Waals surface area contributed by atoms with E-state index in [2.05, 4.69) is 0 Å². The summed E-state index contributed by atoms with van der Waals surface area (Å²) in [6.45, 7) is 0.680. The molecule has 1 saturated carbocycles. The molecular formula is C8H17BO3. The molecule has 0 aromatic carbocycles. The topological polar surface area (TPSA) is 38.7 Å². The van der Waals surface area contributed by atoms with E-state index >= 15 is 0 Å². The van der Waals surface area contributed by atoms with Crippen molar-refractivity contribution in [3.8, 4) is 0 Å². The second-order valence-corrected chi connectivity index (χ2v) is 3.62. The first-order chi connectivity index (χ1) is 5.70. The minimum absolute atomic E-state index is 0.0417. The molecule has 0 heterocycles. The highest BCUT2D eigenvalue weighted by Crippen LogP contribution is 2.35. The average Bonchev–Trinajstić information content (AvgIpc) is 2.29. The van der Waals surface area contributed by atoms with Gasteiger partial charge in [0.05, 0.1) is 18.8 Å². The lowest BCUT2D eigenvalue weighted by atomic mass is 9.84. The Bertz CT molecular complexity index is 142. The Morgan fingerprint density at radius 1 is 1.50 bits per heavy atom. The van der Waals surface area contributed by atoms with Gasteiger partial charge in [-0.2, -0.15) is 0 Å². The van der Waals surface area contributed by atoms with Crippen LogP contribution in [0.3, 0.4) is 0 Å². The van der Waals surface area contributed by atoms with Crippen LogP contribution in [0.2, 0.25) is 5.82 Å². The molecule has 0 amide bonds. The third-order valence-corrected chi connectivity index (χ3v) is 2.71. The van der Waals surface area contributed by atoms with Gasteiger partial charge < -0.3 is 14.6 Å². The van der Waals surface area contributed by atoms with Crippen LogP contribution in [0.4, 0.5) is 0 Å². The molecule has 0 radical (unpaired) electrons. The molecular weight excluding hydrogens is 155 g/mol. The number of methoxy groups -OCH3 is 2. The van der Waals surface area contributed by atoms with E-state index in [1.54, 1.807) is 14.2 Å². The number of ether oxygens (including phenoxy) is 2. The smallest absolute Gasteiger partial charge is 0.108 e. The van der Waals surface area contributed by atoms with Crippen molar-refractivity contribution in [3.63, 3.8) is 0 Å². The first kappa shape index (κ1) is 10.0. The highest BCUT2D eigenvalue weighted by atomic mass is 16.5. The fourth-order valence-corrected chi connectivity index (χ4v) is 2.06. The van der Waals surface area contributed by atoms with Crippen molar-refractivity contribution in [3.05, 3.63) is 0 Å². The lowest BCUT2D eigenvalue weighted by Crippen LogP contribution is -2.30. The number of aliphatic hydroxyl groups excluding tert-OH is 1.